The summed E-state index contributed by atoms with van der Waals surface area (Å²) in [6, 6.07) is 8.29. The topological polar surface area (TPSA) is 12.0 Å². The minimum absolute atomic E-state index is 0.585. The number of rotatable bonds is 7. The predicted molar refractivity (Wildman–Crippen MR) is 72.1 cm³/mol. The number of nitrogens with one attached hydrogen (secondary N) is 1. The van der Waals surface area contributed by atoms with Crippen molar-refractivity contribution in [2.45, 2.75) is 19.2 Å². The van der Waals surface area contributed by atoms with Crippen LogP contribution < -0.4 is 5.32 Å². The summed E-state index contributed by atoms with van der Waals surface area (Å²) < 4.78 is 0. The Morgan fingerprint density at radius 3 is 3.00 bits per heavy atom. The van der Waals surface area contributed by atoms with E-state index < -0.39 is 0 Å². The summed E-state index contributed by atoms with van der Waals surface area (Å²) in [5.74, 6) is 3.03. The van der Waals surface area contributed by atoms with E-state index >= 15 is 0 Å². The van der Waals surface area contributed by atoms with Gasteiger partial charge in [-0.15, -0.1) is 11.6 Å². The smallest absolute Gasteiger partial charge is 0.0474 e. The summed E-state index contributed by atoms with van der Waals surface area (Å²) in [7, 11) is 0. The predicted octanol–water partition coefficient (Wildman–Crippen LogP) is 3.98. The minimum atomic E-state index is 0.585. The Bertz CT molecular complexity index is 278. The molecule has 15 heavy (non-hydrogen) atoms. The maximum absolute atomic E-state index is 5.77. The molecule has 0 amide bonds. The molecular formula is C12H18ClNS. The van der Waals surface area contributed by atoms with E-state index in [1.54, 1.807) is 0 Å². The van der Waals surface area contributed by atoms with Gasteiger partial charge >= 0.3 is 0 Å². The summed E-state index contributed by atoms with van der Waals surface area (Å²) in [5.41, 5.74) is 2.35. The molecule has 1 nitrogen and oxygen atoms in total. The van der Waals surface area contributed by atoms with Gasteiger partial charge in [-0.2, -0.15) is 11.8 Å². The lowest BCUT2D eigenvalue weighted by Crippen LogP contribution is -2.02. The van der Waals surface area contributed by atoms with E-state index in [4.69, 9.17) is 11.6 Å². The van der Waals surface area contributed by atoms with E-state index in [1.807, 2.05) is 23.9 Å². The van der Waals surface area contributed by atoms with Gasteiger partial charge in [-0.05, 0) is 35.6 Å². The Kier molecular flexibility index (Phi) is 6.69. The zero-order chi connectivity index (χ0) is 10.9. The second kappa shape index (κ2) is 7.89. The molecule has 0 saturated heterocycles. The zero-order valence-electron chi connectivity index (χ0n) is 9.13. The molecule has 0 unspecified atom stereocenters. The fourth-order valence-corrected chi connectivity index (χ4v) is 2.12. The monoisotopic (exact) mass is 243 g/mol. The highest BCUT2D eigenvalue weighted by Gasteiger charge is 1.94. The van der Waals surface area contributed by atoms with Crippen LogP contribution in [0.25, 0.3) is 0 Å². The van der Waals surface area contributed by atoms with Crippen molar-refractivity contribution in [2.24, 2.45) is 0 Å². The highest BCUT2D eigenvalue weighted by atomic mass is 35.5. The van der Waals surface area contributed by atoms with Crippen LogP contribution in [-0.2, 0) is 5.88 Å². The van der Waals surface area contributed by atoms with Gasteiger partial charge in [-0.3, -0.25) is 0 Å². The van der Waals surface area contributed by atoms with Crippen molar-refractivity contribution in [1.29, 1.82) is 0 Å². The Balaban J connectivity index is 2.24. The Labute approximate surface area is 102 Å². The van der Waals surface area contributed by atoms with Gasteiger partial charge in [0.2, 0.25) is 0 Å². The van der Waals surface area contributed by atoms with Crippen molar-refractivity contribution >= 4 is 29.1 Å². The van der Waals surface area contributed by atoms with Gasteiger partial charge in [-0.1, -0.05) is 19.1 Å². The van der Waals surface area contributed by atoms with Crippen molar-refractivity contribution in [3.63, 3.8) is 0 Å². The van der Waals surface area contributed by atoms with Gasteiger partial charge in [0, 0.05) is 18.1 Å². The lowest BCUT2D eigenvalue weighted by molar-refractivity contribution is 0.991. The molecule has 0 aliphatic carbocycles. The number of hydrogen-bond donors (Lipinski definition) is 1. The second-order valence-corrected chi connectivity index (χ2v) is 4.97. The largest absolute Gasteiger partial charge is 0.385 e. The molecule has 0 aliphatic rings. The second-order valence-electron chi connectivity index (χ2n) is 3.31. The van der Waals surface area contributed by atoms with Crippen molar-refractivity contribution in [2.75, 3.05) is 23.4 Å². The van der Waals surface area contributed by atoms with Crippen molar-refractivity contribution in [1.82, 2.24) is 0 Å². The Hall–Kier alpha value is -0.340. The Morgan fingerprint density at radius 1 is 1.40 bits per heavy atom. The molecule has 1 aromatic carbocycles. The average molecular weight is 244 g/mol. The van der Waals surface area contributed by atoms with Gasteiger partial charge in [-0.25, -0.2) is 0 Å². The first kappa shape index (κ1) is 12.7. The van der Waals surface area contributed by atoms with Gasteiger partial charge in [0.1, 0.15) is 0 Å². The summed E-state index contributed by atoms with van der Waals surface area (Å²) >= 11 is 7.76. The third-order valence-corrected chi connectivity index (χ3v) is 3.37. The van der Waals surface area contributed by atoms with Crippen LogP contribution >= 0.6 is 23.4 Å². The van der Waals surface area contributed by atoms with E-state index in [-0.39, 0.29) is 0 Å². The van der Waals surface area contributed by atoms with Crippen LogP contribution in [0.15, 0.2) is 24.3 Å². The first-order chi connectivity index (χ1) is 7.36. The normalized spacial score (nSPS) is 10.3. The first-order valence-electron chi connectivity index (χ1n) is 5.33. The molecule has 0 atom stereocenters. The van der Waals surface area contributed by atoms with Crippen molar-refractivity contribution in [3.05, 3.63) is 29.8 Å². The summed E-state index contributed by atoms with van der Waals surface area (Å²) in [6.45, 7) is 3.24. The summed E-state index contributed by atoms with van der Waals surface area (Å²) in [5, 5.41) is 3.41. The van der Waals surface area contributed by atoms with E-state index in [2.05, 4.69) is 24.4 Å². The quantitative estimate of drug-likeness (QED) is 0.574. The molecule has 1 N–H and O–H groups in total. The molecule has 3 heteroatoms. The Morgan fingerprint density at radius 2 is 2.27 bits per heavy atom. The number of benzene rings is 1. The molecule has 1 aromatic rings. The van der Waals surface area contributed by atoms with E-state index in [0.717, 1.165) is 6.54 Å². The van der Waals surface area contributed by atoms with Crippen LogP contribution in [0, 0.1) is 0 Å². The van der Waals surface area contributed by atoms with Crippen molar-refractivity contribution < 1.29 is 0 Å². The van der Waals surface area contributed by atoms with Crippen LogP contribution in [0.1, 0.15) is 18.9 Å². The van der Waals surface area contributed by atoms with Gasteiger partial charge in [0.05, 0.1) is 0 Å². The summed E-state index contributed by atoms with van der Waals surface area (Å²) in [6.07, 6.45) is 1.21. The molecule has 0 aliphatic heterocycles. The van der Waals surface area contributed by atoms with Gasteiger partial charge in [0.25, 0.3) is 0 Å². The maximum atomic E-state index is 5.77. The number of thioether (sulfide) groups is 1. The lowest BCUT2D eigenvalue weighted by atomic mass is 10.2. The fourth-order valence-electron chi connectivity index (χ4n) is 1.32. The number of anilines is 1. The molecule has 84 valence electrons. The van der Waals surface area contributed by atoms with Crippen LogP contribution in [0.2, 0.25) is 0 Å². The van der Waals surface area contributed by atoms with Crippen LogP contribution in [0.5, 0.6) is 0 Å². The van der Waals surface area contributed by atoms with E-state index in [0.29, 0.717) is 5.88 Å². The molecule has 0 aromatic heterocycles. The maximum Gasteiger partial charge on any atom is 0.0474 e. The highest BCUT2D eigenvalue weighted by molar-refractivity contribution is 7.99. The zero-order valence-corrected chi connectivity index (χ0v) is 10.7. The molecule has 0 heterocycles. The first-order valence-corrected chi connectivity index (χ1v) is 7.02. The van der Waals surface area contributed by atoms with E-state index in [9.17, 15) is 0 Å². The van der Waals surface area contributed by atoms with Crippen LogP contribution in [-0.4, -0.2) is 18.1 Å². The fraction of sp³-hybridized carbons (Fsp3) is 0.500. The SMILES string of the molecule is CCSCCCNc1cccc(CCl)c1. The summed E-state index contributed by atoms with van der Waals surface area (Å²) in [4.78, 5) is 0. The van der Waals surface area contributed by atoms with E-state index in [1.165, 1.54) is 29.2 Å². The molecule has 0 fully saturated rings. The van der Waals surface area contributed by atoms with Crippen LogP contribution in [0.4, 0.5) is 5.69 Å². The minimum Gasteiger partial charge on any atom is -0.385 e. The molecule has 0 saturated carbocycles. The molecule has 0 radical (unpaired) electrons. The number of alkyl halides is 1. The highest BCUT2D eigenvalue weighted by Crippen LogP contribution is 2.12. The molecule has 1 rings (SSSR count). The van der Waals surface area contributed by atoms with Crippen molar-refractivity contribution in [3.8, 4) is 0 Å². The number of halogens is 1. The van der Waals surface area contributed by atoms with Gasteiger partial charge < -0.3 is 5.32 Å². The van der Waals surface area contributed by atoms with Crippen LogP contribution in [0.3, 0.4) is 0 Å². The molecule has 0 bridgehead atoms. The lowest BCUT2D eigenvalue weighted by Gasteiger charge is -2.06. The number of hydrogen-bond acceptors (Lipinski definition) is 2. The average Bonchev–Trinajstić information content (AvgIpc) is 2.29. The third-order valence-electron chi connectivity index (χ3n) is 2.08. The molecular weight excluding hydrogens is 226 g/mol. The standard InChI is InChI=1S/C12H18ClNS/c1-2-15-8-4-7-14-12-6-3-5-11(9-12)10-13/h3,5-6,9,14H,2,4,7-8,10H2,1H3. The van der Waals surface area contributed by atoms with Gasteiger partial charge in [0.15, 0.2) is 0 Å². The third kappa shape index (κ3) is 5.33. The molecule has 0 spiro atoms.